The van der Waals surface area contributed by atoms with Crippen LogP contribution < -0.4 is 5.32 Å². The molecule has 1 N–H and O–H groups in total. The minimum absolute atomic E-state index is 0.162. The number of nitrogens with zero attached hydrogens (tertiary/aromatic N) is 1. The van der Waals surface area contributed by atoms with Gasteiger partial charge >= 0.3 is 0 Å². The molecule has 0 heterocycles. The van der Waals surface area contributed by atoms with Gasteiger partial charge in [0, 0.05) is 11.6 Å². The van der Waals surface area contributed by atoms with Crippen LogP contribution in [0.5, 0.6) is 0 Å². The fourth-order valence-electron chi connectivity index (χ4n) is 1.37. The molecule has 5 heteroatoms. The number of carbonyl (C=O) groups is 1. The SMILES string of the molecule is CN(C)CCCNC(=O)c1ccc(Cl)cc1Cl. The molecule has 1 rings (SSSR count). The highest BCUT2D eigenvalue weighted by molar-refractivity contribution is 6.36. The largest absolute Gasteiger partial charge is 0.352 e. The Bertz CT molecular complexity index is 394. The fourth-order valence-corrected chi connectivity index (χ4v) is 1.86. The number of rotatable bonds is 5. The van der Waals surface area contributed by atoms with Gasteiger partial charge in [-0.15, -0.1) is 0 Å². The molecule has 3 nitrogen and oxygen atoms in total. The third-order valence-corrected chi connectivity index (χ3v) is 2.79. The van der Waals surface area contributed by atoms with E-state index in [1.165, 1.54) is 0 Å². The average Bonchev–Trinajstić information content (AvgIpc) is 2.23. The van der Waals surface area contributed by atoms with Gasteiger partial charge in [-0.25, -0.2) is 0 Å². The van der Waals surface area contributed by atoms with E-state index in [1.54, 1.807) is 18.2 Å². The quantitative estimate of drug-likeness (QED) is 0.838. The summed E-state index contributed by atoms with van der Waals surface area (Å²) in [5.74, 6) is -0.162. The van der Waals surface area contributed by atoms with Gasteiger partial charge in [0.05, 0.1) is 10.6 Å². The van der Waals surface area contributed by atoms with Crippen molar-refractivity contribution in [1.29, 1.82) is 0 Å². The maximum absolute atomic E-state index is 11.8. The molecular weight excluding hydrogens is 259 g/mol. The summed E-state index contributed by atoms with van der Waals surface area (Å²) < 4.78 is 0. The minimum atomic E-state index is -0.162. The van der Waals surface area contributed by atoms with Gasteiger partial charge in [0.25, 0.3) is 5.91 Å². The van der Waals surface area contributed by atoms with Gasteiger partial charge < -0.3 is 10.2 Å². The summed E-state index contributed by atoms with van der Waals surface area (Å²) in [6.07, 6.45) is 0.907. The lowest BCUT2D eigenvalue weighted by Gasteiger charge is -2.10. The van der Waals surface area contributed by atoms with Crippen molar-refractivity contribution in [3.05, 3.63) is 33.8 Å². The van der Waals surface area contributed by atoms with E-state index in [-0.39, 0.29) is 5.91 Å². The van der Waals surface area contributed by atoms with E-state index in [1.807, 2.05) is 14.1 Å². The van der Waals surface area contributed by atoms with Crippen molar-refractivity contribution in [3.63, 3.8) is 0 Å². The molecular formula is C12H16Cl2N2O. The summed E-state index contributed by atoms with van der Waals surface area (Å²) in [5, 5.41) is 3.73. The summed E-state index contributed by atoms with van der Waals surface area (Å²) >= 11 is 11.7. The number of carbonyl (C=O) groups excluding carboxylic acids is 1. The lowest BCUT2D eigenvalue weighted by Crippen LogP contribution is -2.27. The summed E-state index contributed by atoms with van der Waals surface area (Å²) in [4.78, 5) is 13.8. The van der Waals surface area contributed by atoms with E-state index >= 15 is 0 Å². The first-order valence-corrected chi connectivity index (χ1v) is 6.14. The topological polar surface area (TPSA) is 32.3 Å². The van der Waals surface area contributed by atoms with E-state index in [9.17, 15) is 4.79 Å². The van der Waals surface area contributed by atoms with E-state index in [0.29, 0.717) is 22.2 Å². The molecule has 0 spiro atoms. The number of amides is 1. The van der Waals surface area contributed by atoms with Crippen molar-refractivity contribution in [2.24, 2.45) is 0 Å². The molecule has 0 aliphatic heterocycles. The molecule has 0 radical (unpaired) electrons. The number of benzene rings is 1. The van der Waals surface area contributed by atoms with Crippen molar-refractivity contribution in [3.8, 4) is 0 Å². The fraction of sp³-hybridized carbons (Fsp3) is 0.417. The highest BCUT2D eigenvalue weighted by Gasteiger charge is 2.09. The van der Waals surface area contributed by atoms with E-state index in [0.717, 1.165) is 13.0 Å². The Morgan fingerprint density at radius 1 is 1.35 bits per heavy atom. The number of halogens is 2. The molecule has 0 bridgehead atoms. The van der Waals surface area contributed by atoms with Gasteiger partial charge in [0.1, 0.15) is 0 Å². The minimum Gasteiger partial charge on any atom is -0.352 e. The van der Waals surface area contributed by atoms with Crippen LogP contribution in [-0.4, -0.2) is 38.0 Å². The molecule has 0 aliphatic carbocycles. The van der Waals surface area contributed by atoms with Crippen LogP contribution in [-0.2, 0) is 0 Å². The van der Waals surface area contributed by atoms with Gasteiger partial charge in [-0.1, -0.05) is 23.2 Å². The van der Waals surface area contributed by atoms with Crippen LogP contribution in [0.2, 0.25) is 10.0 Å². The van der Waals surface area contributed by atoms with E-state index in [2.05, 4.69) is 10.2 Å². The van der Waals surface area contributed by atoms with E-state index < -0.39 is 0 Å². The van der Waals surface area contributed by atoms with Crippen molar-refractivity contribution in [2.75, 3.05) is 27.2 Å². The first-order valence-electron chi connectivity index (χ1n) is 5.38. The van der Waals surface area contributed by atoms with Crippen molar-refractivity contribution in [2.45, 2.75) is 6.42 Å². The summed E-state index contributed by atoms with van der Waals surface area (Å²) in [6, 6.07) is 4.85. The summed E-state index contributed by atoms with van der Waals surface area (Å²) in [7, 11) is 4.00. The van der Waals surface area contributed by atoms with Crippen LogP contribution >= 0.6 is 23.2 Å². The van der Waals surface area contributed by atoms with Crippen LogP contribution in [0.15, 0.2) is 18.2 Å². The molecule has 1 aromatic rings. The maximum Gasteiger partial charge on any atom is 0.252 e. The Morgan fingerprint density at radius 2 is 2.06 bits per heavy atom. The van der Waals surface area contributed by atoms with Gasteiger partial charge in [0.15, 0.2) is 0 Å². The Kier molecular flexibility index (Phi) is 5.75. The Morgan fingerprint density at radius 3 is 2.65 bits per heavy atom. The first kappa shape index (κ1) is 14.3. The van der Waals surface area contributed by atoms with Crippen LogP contribution in [0.3, 0.4) is 0 Å². The first-order chi connectivity index (χ1) is 8.00. The van der Waals surface area contributed by atoms with Crippen LogP contribution in [0, 0.1) is 0 Å². The van der Waals surface area contributed by atoms with Crippen molar-refractivity contribution in [1.82, 2.24) is 10.2 Å². The molecule has 1 aromatic carbocycles. The second-order valence-electron chi connectivity index (χ2n) is 4.04. The Balaban J connectivity index is 2.47. The molecule has 0 aliphatic rings. The van der Waals surface area contributed by atoms with Gasteiger partial charge in [0.2, 0.25) is 0 Å². The number of hydrogen-bond donors (Lipinski definition) is 1. The van der Waals surface area contributed by atoms with Gasteiger partial charge in [-0.05, 0) is 45.3 Å². The standard InChI is InChI=1S/C12H16Cl2N2O/c1-16(2)7-3-6-15-12(17)10-5-4-9(13)8-11(10)14/h4-5,8H,3,6-7H2,1-2H3,(H,15,17). The molecule has 94 valence electrons. The van der Waals surface area contributed by atoms with E-state index in [4.69, 9.17) is 23.2 Å². The van der Waals surface area contributed by atoms with Crippen LogP contribution in [0.25, 0.3) is 0 Å². The zero-order valence-electron chi connectivity index (χ0n) is 9.96. The summed E-state index contributed by atoms with van der Waals surface area (Å²) in [5.41, 5.74) is 0.459. The highest BCUT2D eigenvalue weighted by atomic mass is 35.5. The van der Waals surface area contributed by atoms with Gasteiger partial charge in [-0.3, -0.25) is 4.79 Å². The van der Waals surface area contributed by atoms with Crippen molar-refractivity contribution >= 4 is 29.1 Å². The summed E-state index contributed by atoms with van der Waals surface area (Å²) in [6.45, 7) is 1.57. The third kappa shape index (κ3) is 4.94. The Labute approximate surface area is 112 Å². The zero-order chi connectivity index (χ0) is 12.8. The van der Waals surface area contributed by atoms with Crippen molar-refractivity contribution < 1.29 is 4.79 Å². The zero-order valence-corrected chi connectivity index (χ0v) is 11.5. The van der Waals surface area contributed by atoms with Crippen LogP contribution in [0.4, 0.5) is 0 Å². The lowest BCUT2D eigenvalue weighted by atomic mass is 10.2. The number of hydrogen-bond acceptors (Lipinski definition) is 2. The molecule has 0 saturated heterocycles. The predicted octanol–water partition coefficient (Wildman–Crippen LogP) is 2.67. The highest BCUT2D eigenvalue weighted by Crippen LogP contribution is 2.20. The second kappa shape index (κ2) is 6.84. The Hall–Kier alpha value is -0.770. The third-order valence-electron chi connectivity index (χ3n) is 2.24. The normalized spacial score (nSPS) is 10.6. The second-order valence-corrected chi connectivity index (χ2v) is 4.88. The number of nitrogens with one attached hydrogen (secondary N) is 1. The molecule has 0 unspecified atom stereocenters. The molecule has 0 aromatic heterocycles. The molecule has 0 saturated carbocycles. The molecule has 0 atom stereocenters. The van der Waals surface area contributed by atoms with Gasteiger partial charge in [-0.2, -0.15) is 0 Å². The lowest BCUT2D eigenvalue weighted by molar-refractivity contribution is 0.0952. The van der Waals surface area contributed by atoms with Crippen LogP contribution in [0.1, 0.15) is 16.8 Å². The molecule has 1 amide bonds. The smallest absolute Gasteiger partial charge is 0.252 e. The molecule has 17 heavy (non-hydrogen) atoms. The average molecular weight is 275 g/mol. The molecule has 0 fully saturated rings. The maximum atomic E-state index is 11.8. The predicted molar refractivity (Wildman–Crippen MR) is 72.0 cm³/mol. The monoisotopic (exact) mass is 274 g/mol.